The fourth-order valence-electron chi connectivity index (χ4n) is 2.06. The van der Waals surface area contributed by atoms with Gasteiger partial charge < -0.3 is 4.74 Å². The van der Waals surface area contributed by atoms with Gasteiger partial charge >= 0.3 is 0 Å². The Morgan fingerprint density at radius 3 is 2.44 bits per heavy atom. The van der Waals surface area contributed by atoms with Gasteiger partial charge in [0.1, 0.15) is 6.73 Å². The van der Waals surface area contributed by atoms with E-state index in [1.807, 2.05) is 19.1 Å². The van der Waals surface area contributed by atoms with Crippen LogP contribution in [-0.4, -0.2) is 19.7 Å². The summed E-state index contributed by atoms with van der Waals surface area (Å²) in [7, 11) is 1.58. The van der Waals surface area contributed by atoms with Gasteiger partial charge in [-0.25, -0.2) is 0 Å². The highest BCUT2D eigenvalue weighted by atomic mass is 35.5. The van der Waals surface area contributed by atoms with Crippen LogP contribution in [0.1, 0.15) is 31.9 Å². The number of methoxy groups -OCH3 is 1. The lowest BCUT2D eigenvalue weighted by molar-refractivity contribution is -0.117. The van der Waals surface area contributed by atoms with Gasteiger partial charge in [0, 0.05) is 19.1 Å². The van der Waals surface area contributed by atoms with E-state index < -0.39 is 0 Å². The van der Waals surface area contributed by atoms with Crippen LogP contribution in [0.5, 0.6) is 0 Å². The summed E-state index contributed by atoms with van der Waals surface area (Å²) in [5, 5.41) is 0.701. The molecule has 0 heterocycles. The van der Waals surface area contributed by atoms with E-state index >= 15 is 0 Å². The first-order valence-corrected chi connectivity index (χ1v) is 6.51. The molecule has 0 aliphatic heterocycles. The third-order valence-corrected chi connectivity index (χ3v) is 3.31. The van der Waals surface area contributed by atoms with Gasteiger partial charge in [0.25, 0.3) is 0 Å². The van der Waals surface area contributed by atoms with Crippen molar-refractivity contribution in [3.63, 3.8) is 0 Å². The number of anilines is 1. The zero-order valence-corrected chi connectivity index (χ0v) is 12.2. The average Bonchev–Trinajstić information content (AvgIpc) is 2.35. The Labute approximate surface area is 114 Å². The predicted molar refractivity (Wildman–Crippen MR) is 75.2 cm³/mol. The van der Waals surface area contributed by atoms with Crippen LogP contribution >= 0.6 is 11.6 Å². The van der Waals surface area contributed by atoms with Crippen LogP contribution in [0.25, 0.3) is 0 Å². The van der Waals surface area contributed by atoms with Crippen molar-refractivity contribution in [3.05, 3.63) is 28.3 Å². The van der Waals surface area contributed by atoms with Gasteiger partial charge in [-0.15, -0.1) is 0 Å². The highest BCUT2D eigenvalue weighted by Gasteiger charge is 2.19. The number of hydrogen-bond acceptors (Lipinski definition) is 2. The number of amides is 1. The maximum absolute atomic E-state index is 11.8. The lowest BCUT2D eigenvalue weighted by atomic mass is 10.0. The Balaban J connectivity index is 3.41. The second-order valence-corrected chi connectivity index (χ2v) is 4.51. The van der Waals surface area contributed by atoms with Crippen molar-refractivity contribution in [3.8, 4) is 0 Å². The van der Waals surface area contributed by atoms with Gasteiger partial charge in [0.2, 0.25) is 5.91 Å². The van der Waals surface area contributed by atoms with E-state index in [1.165, 1.54) is 0 Å². The summed E-state index contributed by atoms with van der Waals surface area (Å²) in [6, 6.07) is 3.87. The third-order valence-electron chi connectivity index (χ3n) is 2.95. The van der Waals surface area contributed by atoms with Crippen molar-refractivity contribution >= 4 is 23.2 Å². The number of hydrogen-bond donors (Lipinski definition) is 0. The minimum Gasteiger partial charge on any atom is -0.364 e. The number of ether oxygens (including phenoxy) is 1. The molecule has 1 amide bonds. The summed E-state index contributed by atoms with van der Waals surface area (Å²) in [6.07, 6.45) is 1.64. The summed E-state index contributed by atoms with van der Waals surface area (Å²) >= 11 is 6.23. The number of benzene rings is 1. The predicted octanol–water partition coefficient (Wildman–Crippen LogP) is 3.42. The molecule has 0 unspecified atom stereocenters. The van der Waals surface area contributed by atoms with Gasteiger partial charge in [0.15, 0.2) is 0 Å². The molecule has 0 aliphatic carbocycles. The van der Waals surface area contributed by atoms with Crippen molar-refractivity contribution in [2.24, 2.45) is 0 Å². The molecule has 0 radical (unpaired) electrons. The van der Waals surface area contributed by atoms with Crippen LogP contribution in [0.2, 0.25) is 5.02 Å². The highest BCUT2D eigenvalue weighted by Crippen LogP contribution is 2.32. The van der Waals surface area contributed by atoms with Crippen LogP contribution < -0.4 is 4.90 Å². The largest absolute Gasteiger partial charge is 0.364 e. The smallest absolute Gasteiger partial charge is 0.225 e. The molecule has 1 aromatic rings. The topological polar surface area (TPSA) is 29.5 Å². The molecule has 0 saturated carbocycles. The molecule has 0 spiro atoms. The zero-order valence-electron chi connectivity index (χ0n) is 11.4. The van der Waals surface area contributed by atoms with Gasteiger partial charge in [-0.05, 0) is 30.0 Å². The molecule has 0 bridgehead atoms. The number of halogens is 1. The SMILES string of the molecule is CCc1ccc(Cl)c(CC)c1N(COC)C(C)=O. The maximum atomic E-state index is 11.8. The lowest BCUT2D eigenvalue weighted by Crippen LogP contribution is -2.32. The number of rotatable bonds is 5. The highest BCUT2D eigenvalue weighted by molar-refractivity contribution is 6.32. The van der Waals surface area contributed by atoms with E-state index in [-0.39, 0.29) is 12.6 Å². The van der Waals surface area contributed by atoms with Gasteiger partial charge in [-0.2, -0.15) is 0 Å². The molecule has 1 aromatic carbocycles. The van der Waals surface area contributed by atoms with Crippen molar-refractivity contribution in [1.82, 2.24) is 0 Å². The van der Waals surface area contributed by atoms with Gasteiger partial charge in [-0.3, -0.25) is 9.69 Å². The first kappa shape index (κ1) is 15.0. The normalized spacial score (nSPS) is 10.5. The molecule has 0 N–H and O–H groups in total. The van der Waals surface area contributed by atoms with E-state index in [0.29, 0.717) is 5.02 Å². The number of carbonyl (C=O) groups excluding carboxylic acids is 1. The fraction of sp³-hybridized carbons (Fsp3) is 0.500. The second kappa shape index (κ2) is 6.76. The van der Waals surface area contributed by atoms with Gasteiger partial charge in [-0.1, -0.05) is 31.5 Å². The van der Waals surface area contributed by atoms with Crippen molar-refractivity contribution < 1.29 is 9.53 Å². The standard InChI is InChI=1S/C14H20ClNO2/c1-5-11-7-8-13(15)12(6-2)14(11)16(9-18-4)10(3)17/h7-8H,5-6,9H2,1-4H3. The Hall–Kier alpha value is -1.06. The zero-order chi connectivity index (χ0) is 13.7. The Morgan fingerprint density at radius 2 is 2.00 bits per heavy atom. The summed E-state index contributed by atoms with van der Waals surface area (Å²) in [6.45, 7) is 5.89. The molecule has 0 fully saturated rings. The van der Waals surface area contributed by atoms with E-state index in [2.05, 4.69) is 6.92 Å². The van der Waals surface area contributed by atoms with E-state index in [9.17, 15) is 4.79 Å². The second-order valence-electron chi connectivity index (χ2n) is 4.11. The summed E-state index contributed by atoms with van der Waals surface area (Å²) in [5.41, 5.74) is 3.02. The van der Waals surface area contributed by atoms with E-state index in [4.69, 9.17) is 16.3 Å². The molecule has 4 heteroatoms. The Morgan fingerprint density at radius 1 is 1.33 bits per heavy atom. The number of nitrogens with zero attached hydrogens (tertiary/aromatic N) is 1. The molecule has 0 saturated heterocycles. The first-order valence-electron chi connectivity index (χ1n) is 6.14. The van der Waals surface area contributed by atoms with Crippen LogP contribution in [0.4, 0.5) is 5.69 Å². The molecule has 0 aromatic heterocycles. The maximum Gasteiger partial charge on any atom is 0.225 e. The van der Waals surface area contributed by atoms with E-state index in [0.717, 1.165) is 29.7 Å². The van der Waals surface area contributed by atoms with Crippen LogP contribution in [0.15, 0.2) is 12.1 Å². The monoisotopic (exact) mass is 269 g/mol. The summed E-state index contributed by atoms with van der Waals surface area (Å²) in [4.78, 5) is 13.4. The van der Waals surface area contributed by atoms with Crippen molar-refractivity contribution in [2.75, 3.05) is 18.7 Å². The van der Waals surface area contributed by atoms with Crippen LogP contribution in [-0.2, 0) is 22.4 Å². The van der Waals surface area contributed by atoms with Crippen LogP contribution in [0.3, 0.4) is 0 Å². The lowest BCUT2D eigenvalue weighted by Gasteiger charge is -2.26. The third kappa shape index (κ3) is 3.03. The Kier molecular flexibility index (Phi) is 5.63. The van der Waals surface area contributed by atoms with Crippen LogP contribution in [0, 0.1) is 0 Å². The first-order chi connectivity index (χ1) is 8.56. The quantitative estimate of drug-likeness (QED) is 0.767. The molecular formula is C14H20ClNO2. The molecular weight excluding hydrogens is 250 g/mol. The minimum atomic E-state index is -0.0384. The molecule has 100 valence electrons. The van der Waals surface area contributed by atoms with Crippen molar-refractivity contribution in [1.29, 1.82) is 0 Å². The molecule has 0 aliphatic rings. The minimum absolute atomic E-state index is 0.0384. The van der Waals surface area contributed by atoms with Crippen molar-refractivity contribution in [2.45, 2.75) is 33.6 Å². The number of aryl methyl sites for hydroxylation is 1. The van der Waals surface area contributed by atoms with Gasteiger partial charge in [0.05, 0.1) is 5.69 Å². The molecule has 0 atom stereocenters. The Bertz CT molecular complexity index is 432. The number of carbonyl (C=O) groups is 1. The van der Waals surface area contributed by atoms with E-state index in [1.54, 1.807) is 18.9 Å². The average molecular weight is 270 g/mol. The summed E-state index contributed by atoms with van der Waals surface area (Å²) < 4.78 is 5.12. The summed E-state index contributed by atoms with van der Waals surface area (Å²) in [5.74, 6) is -0.0384. The molecule has 3 nitrogen and oxygen atoms in total. The molecule has 1 rings (SSSR count). The fourth-order valence-corrected chi connectivity index (χ4v) is 2.35. The molecule has 18 heavy (non-hydrogen) atoms.